The molecule has 0 saturated carbocycles. The number of nitrogens with zero attached hydrogens (tertiary/aromatic N) is 1. The molecule has 0 N–H and O–H groups in total. The van der Waals surface area contributed by atoms with E-state index in [1.54, 1.807) is 0 Å². The van der Waals surface area contributed by atoms with Crippen molar-refractivity contribution < 1.29 is 9.47 Å². The maximum Gasteiger partial charge on any atom is 0.0809 e. The number of nitriles is 1. The molecular weight excluding hydrogens is 178 g/mol. The summed E-state index contributed by atoms with van der Waals surface area (Å²) >= 11 is 0. The first-order valence-electron chi connectivity index (χ1n) is 5.50. The summed E-state index contributed by atoms with van der Waals surface area (Å²) in [5.41, 5.74) is 0. The highest BCUT2D eigenvalue weighted by molar-refractivity contribution is 4.67. The lowest BCUT2D eigenvalue weighted by atomic mass is 10.2. The van der Waals surface area contributed by atoms with Gasteiger partial charge in [0.1, 0.15) is 0 Å². The van der Waals surface area contributed by atoms with E-state index in [9.17, 15) is 0 Å². The summed E-state index contributed by atoms with van der Waals surface area (Å²) in [4.78, 5) is 0. The highest BCUT2D eigenvalue weighted by Gasteiger charge is 2.14. The fourth-order valence-corrected chi connectivity index (χ4v) is 1.58. The molecule has 0 spiro atoms. The first kappa shape index (κ1) is 11.5. The minimum absolute atomic E-state index is 0.342. The monoisotopic (exact) mass is 197 g/mol. The summed E-state index contributed by atoms with van der Waals surface area (Å²) in [6.45, 7) is 2.46. The first-order valence-corrected chi connectivity index (χ1v) is 5.50. The van der Waals surface area contributed by atoms with E-state index in [4.69, 9.17) is 14.7 Å². The van der Waals surface area contributed by atoms with Crippen LogP contribution in [0.4, 0.5) is 0 Å². The molecule has 1 fully saturated rings. The minimum atomic E-state index is 0.342. The van der Waals surface area contributed by atoms with Crippen molar-refractivity contribution in [1.29, 1.82) is 5.26 Å². The van der Waals surface area contributed by atoms with Gasteiger partial charge in [0.05, 0.1) is 18.8 Å². The summed E-state index contributed by atoms with van der Waals surface area (Å²) in [5, 5.41) is 8.31. The third-order valence-corrected chi connectivity index (χ3v) is 2.40. The molecule has 1 heterocycles. The number of hydrogen-bond acceptors (Lipinski definition) is 3. The van der Waals surface area contributed by atoms with Crippen molar-refractivity contribution in [3.05, 3.63) is 0 Å². The Labute approximate surface area is 86.0 Å². The quantitative estimate of drug-likeness (QED) is 0.588. The Morgan fingerprint density at radius 3 is 3.00 bits per heavy atom. The van der Waals surface area contributed by atoms with Crippen molar-refractivity contribution in [3.63, 3.8) is 0 Å². The highest BCUT2D eigenvalue weighted by Crippen LogP contribution is 2.12. The molecule has 0 aromatic carbocycles. The Bertz CT molecular complexity index is 171. The topological polar surface area (TPSA) is 42.2 Å². The zero-order valence-electron chi connectivity index (χ0n) is 8.71. The van der Waals surface area contributed by atoms with Crippen LogP contribution in [0.25, 0.3) is 0 Å². The molecule has 0 radical (unpaired) electrons. The maximum atomic E-state index is 8.31. The van der Waals surface area contributed by atoms with Crippen LogP contribution in [0, 0.1) is 11.3 Å². The van der Waals surface area contributed by atoms with Crippen LogP contribution in [0.15, 0.2) is 0 Å². The Kier molecular flexibility index (Phi) is 6.38. The van der Waals surface area contributed by atoms with Gasteiger partial charge >= 0.3 is 0 Å². The summed E-state index contributed by atoms with van der Waals surface area (Å²) in [7, 11) is 0. The Morgan fingerprint density at radius 1 is 1.36 bits per heavy atom. The molecule has 1 aliphatic rings. The molecule has 1 atom stereocenters. The number of unbranched alkanes of at least 4 members (excludes halogenated alkanes) is 3. The second-order valence-corrected chi connectivity index (χ2v) is 3.68. The number of rotatable bonds is 7. The smallest absolute Gasteiger partial charge is 0.0809 e. The SMILES string of the molecule is N#CCCCCCOCC1CCCO1. The fourth-order valence-electron chi connectivity index (χ4n) is 1.58. The average molecular weight is 197 g/mol. The van der Waals surface area contributed by atoms with Gasteiger partial charge in [0.2, 0.25) is 0 Å². The van der Waals surface area contributed by atoms with Gasteiger partial charge in [0.15, 0.2) is 0 Å². The Morgan fingerprint density at radius 2 is 2.29 bits per heavy atom. The molecule has 14 heavy (non-hydrogen) atoms. The van der Waals surface area contributed by atoms with Crippen molar-refractivity contribution in [1.82, 2.24) is 0 Å². The Hall–Kier alpha value is -0.590. The predicted octanol–water partition coefficient (Wildman–Crippen LogP) is 2.27. The first-order chi connectivity index (χ1) is 6.93. The Balaban J connectivity index is 1.78. The third-order valence-electron chi connectivity index (χ3n) is 2.40. The molecule has 0 bridgehead atoms. The van der Waals surface area contributed by atoms with E-state index in [0.29, 0.717) is 12.5 Å². The van der Waals surface area contributed by atoms with E-state index >= 15 is 0 Å². The number of hydrogen-bond donors (Lipinski definition) is 0. The maximum absolute atomic E-state index is 8.31. The molecule has 1 aliphatic heterocycles. The van der Waals surface area contributed by atoms with Crippen LogP contribution in [0.1, 0.15) is 38.5 Å². The van der Waals surface area contributed by atoms with Crippen LogP contribution in [-0.2, 0) is 9.47 Å². The molecule has 0 aromatic heterocycles. The van der Waals surface area contributed by atoms with E-state index in [0.717, 1.165) is 45.5 Å². The molecular formula is C11H19NO2. The molecule has 0 aromatic rings. The fraction of sp³-hybridized carbons (Fsp3) is 0.909. The van der Waals surface area contributed by atoms with Crippen molar-refractivity contribution >= 4 is 0 Å². The number of ether oxygens (including phenoxy) is 2. The van der Waals surface area contributed by atoms with Gasteiger partial charge in [-0.3, -0.25) is 0 Å². The molecule has 1 unspecified atom stereocenters. The van der Waals surface area contributed by atoms with Gasteiger partial charge < -0.3 is 9.47 Å². The lowest BCUT2D eigenvalue weighted by molar-refractivity contribution is 0.0161. The van der Waals surface area contributed by atoms with E-state index in [1.807, 2.05) is 0 Å². The van der Waals surface area contributed by atoms with E-state index < -0.39 is 0 Å². The van der Waals surface area contributed by atoms with Crippen molar-refractivity contribution in [2.24, 2.45) is 0 Å². The van der Waals surface area contributed by atoms with Gasteiger partial charge in [-0.25, -0.2) is 0 Å². The standard InChI is InChI=1S/C11H19NO2/c12-7-3-1-2-4-8-13-10-11-6-5-9-14-11/h11H,1-6,8-10H2. The molecule has 0 aliphatic carbocycles. The lowest BCUT2D eigenvalue weighted by Gasteiger charge is -2.09. The largest absolute Gasteiger partial charge is 0.379 e. The van der Waals surface area contributed by atoms with Crippen LogP contribution >= 0.6 is 0 Å². The second-order valence-electron chi connectivity index (χ2n) is 3.68. The van der Waals surface area contributed by atoms with Crippen LogP contribution in [-0.4, -0.2) is 25.9 Å². The molecule has 3 nitrogen and oxygen atoms in total. The third kappa shape index (κ3) is 5.21. The van der Waals surface area contributed by atoms with Gasteiger partial charge in [-0.15, -0.1) is 0 Å². The average Bonchev–Trinajstić information content (AvgIpc) is 2.69. The molecule has 80 valence electrons. The zero-order valence-corrected chi connectivity index (χ0v) is 8.71. The van der Waals surface area contributed by atoms with Gasteiger partial charge in [-0.05, 0) is 25.7 Å². The molecule has 3 heteroatoms. The van der Waals surface area contributed by atoms with Crippen LogP contribution in [0.2, 0.25) is 0 Å². The zero-order chi connectivity index (χ0) is 10.1. The van der Waals surface area contributed by atoms with Gasteiger partial charge in [-0.1, -0.05) is 6.42 Å². The summed E-state index contributed by atoms with van der Waals surface area (Å²) in [5.74, 6) is 0. The second kappa shape index (κ2) is 7.78. The molecule has 1 rings (SSSR count). The van der Waals surface area contributed by atoms with Crippen molar-refractivity contribution in [2.45, 2.75) is 44.6 Å². The van der Waals surface area contributed by atoms with Crippen molar-refractivity contribution in [3.8, 4) is 6.07 Å². The summed E-state index contributed by atoms with van der Waals surface area (Å²) < 4.78 is 10.9. The summed E-state index contributed by atoms with van der Waals surface area (Å²) in [6.07, 6.45) is 6.50. The van der Waals surface area contributed by atoms with E-state index in [-0.39, 0.29) is 0 Å². The normalized spacial score (nSPS) is 20.9. The van der Waals surface area contributed by atoms with Crippen LogP contribution in [0.3, 0.4) is 0 Å². The van der Waals surface area contributed by atoms with Crippen molar-refractivity contribution in [2.75, 3.05) is 19.8 Å². The van der Waals surface area contributed by atoms with Gasteiger partial charge in [0, 0.05) is 19.6 Å². The lowest BCUT2D eigenvalue weighted by Crippen LogP contribution is -2.14. The van der Waals surface area contributed by atoms with E-state index in [1.165, 1.54) is 6.42 Å². The van der Waals surface area contributed by atoms with Gasteiger partial charge in [-0.2, -0.15) is 5.26 Å². The molecule has 0 amide bonds. The van der Waals surface area contributed by atoms with E-state index in [2.05, 4.69) is 6.07 Å². The predicted molar refractivity (Wildman–Crippen MR) is 53.9 cm³/mol. The van der Waals surface area contributed by atoms with Crippen LogP contribution in [0.5, 0.6) is 0 Å². The van der Waals surface area contributed by atoms with Crippen LogP contribution < -0.4 is 0 Å². The summed E-state index contributed by atoms with van der Waals surface area (Å²) in [6, 6.07) is 2.14. The highest BCUT2D eigenvalue weighted by atomic mass is 16.5. The minimum Gasteiger partial charge on any atom is -0.379 e. The molecule has 1 saturated heterocycles. The van der Waals surface area contributed by atoms with Gasteiger partial charge in [0.25, 0.3) is 0 Å².